The molecule has 0 bridgehead atoms. The maximum Gasteiger partial charge on any atom is 0.234 e. The SMILES string of the molecule is CCn1c(SCC(=O)Nc2ccc(C)cc2)nnc1C1CCCCC1. The standard InChI is InChI=1S/C19H26N4OS/c1-3-23-18(15-7-5-4-6-8-15)21-22-19(23)25-13-17(24)20-16-11-9-14(2)10-12-16/h9-12,15H,3-8,13H2,1-2H3,(H,20,24). The van der Waals surface area contributed by atoms with Crippen LogP contribution >= 0.6 is 11.8 Å². The smallest absolute Gasteiger partial charge is 0.234 e. The molecule has 0 aliphatic heterocycles. The molecule has 1 aliphatic carbocycles. The van der Waals surface area contributed by atoms with Crippen LogP contribution in [0.25, 0.3) is 0 Å². The molecule has 1 heterocycles. The number of hydrogen-bond acceptors (Lipinski definition) is 4. The zero-order chi connectivity index (χ0) is 17.6. The van der Waals surface area contributed by atoms with Crippen molar-refractivity contribution in [2.24, 2.45) is 0 Å². The Labute approximate surface area is 153 Å². The number of benzene rings is 1. The van der Waals surface area contributed by atoms with Crippen LogP contribution in [0.3, 0.4) is 0 Å². The van der Waals surface area contributed by atoms with Crippen LogP contribution in [0, 0.1) is 6.92 Å². The molecule has 1 aromatic carbocycles. The van der Waals surface area contributed by atoms with Gasteiger partial charge in [-0.3, -0.25) is 4.79 Å². The summed E-state index contributed by atoms with van der Waals surface area (Å²) in [7, 11) is 0. The molecule has 0 saturated heterocycles. The van der Waals surface area contributed by atoms with Crippen molar-refractivity contribution in [2.75, 3.05) is 11.1 Å². The lowest BCUT2D eigenvalue weighted by Gasteiger charge is -2.21. The second-order valence-electron chi connectivity index (χ2n) is 6.62. The van der Waals surface area contributed by atoms with Crippen molar-refractivity contribution in [2.45, 2.75) is 63.6 Å². The lowest BCUT2D eigenvalue weighted by Crippen LogP contribution is -2.15. The average molecular weight is 359 g/mol. The van der Waals surface area contributed by atoms with Gasteiger partial charge in [0.15, 0.2) is 5.16 Å². The summed E-state index contributed by atoms with van der Waals surface area (Å²) in [6.07, 6.45) is 6.30. The third kappa shape index (κ3) is 4.63. The van der Waals surface area contributed by atoms with E-state index < -0.39 is 0 Å². The molecule has 1 aliphatic rings. The van der Waals surface area contributed by atoms with Crippen LogP contribution in [0.5, 0.6) is 0 Å². The fourth-order valence-electron chi connectivity index (χ4n) is 3.33. The molecule has 1 aromatic heterocycles. The highest BCUT2D eigenvalue weighted by Gasteiger charge is 2.23. The molecule has 0 atom stereocenters. The van der Waals surface area contributed by atoms with Gasteiger partial charge in [-0.25, -0.2) is 0 Å². The number of anilines is 1. The highest BCUT2D eigenvalue weighted by atomic mass is 32.2. The second kappa shape index (κ2) is 8.52. The molecule has 6 heteroatoms. The third-order valence-corrected chi connectivity index (χ3v) is 5.67. The first kappa shape index (κ1) is 18.0. The van der Waals surface area contributed by atoms with E-state index in [0.717, 1.165) is 23.2 Å². The number of thioether (sulfide) groups is 1. The number of aromatic nitrogens is 3. The largest absolute Gasteiger partial charge is 0.325 e. The van der Waals surface area contributed by atoms with E-state index in [9.17, 15) is 4.79 Å². The van der Waals surface area contributed by atoms with Gasteiger partial charge in [-0.1, -0.05) is 48.7 Å². The molecule has 1 amide bonds. The lowest BCUT2D eigenvalue weighted by molar-refractivity contribution is -0.113. The van der Waals surface area contributed by atoms with Crippen molar-refractivity contribution in [3.63, 3.8) is 0 Å². The summed E-state index contributed by atoms with van der Waals surface area (Å²) in [5, 5.41) is 12.6. The van der Waals surface area contributed by atoms with E-state index in [4.69, 9.17) is 0 Å². The normalized spacial score (nSPS) is 15.3. The van der Waals surface area contributed by atoms with E-state index >= 15 is 0 Å². The summed E-state index contributed by atoms with van der Waals surface area (Å²) in [6, 6.07) is 7.83. The van der Waals surface area contributed by atoms with Gasteiger partial charge in [0, 0.05) is 18.2 Å². The van der Waals surface area contributed by atoms with Crippen LogP contribution in [-0.4, -0.2) is 26.4 Å². The molecule has 25 heavy (non-hydrogen) atoms. The molecule has 1 N–H and O–H groups in total. The van der Waals surface area contributed by atoms with E-state index in [-0.39, 0.29) is 5.91 Å². The molecular formula is C19H26N4OS. The Hall–Kier alpha value is -1.82. The first-order chi connectivity index (χ1) is 12.2. The van der Waals surface area contributed by atoms with Gasteiger partial charge >= 0.3 is 0 Å². The zero-order valence-electron chi connectivity index (χ0n) is 15.0. The van der Waals surface area contributed by atoms with Crippen LogP contribution in [0.2, 0.25) is 0 Å². The molecule has 0 spiro atoms. The van der Waals surface area contributed by atoms with Crippen molar-refractivity contribution in [3.8, 4) is 0 Å². The predicted octanol–water partition coefficient (Wildman–Crippen LogP) is 4.38. The molecule has 5 nitrogen and oxygen atoms in total. The number of aryl methyl sites for hydroxylation is 1. The molecule has 3 rings (SSSR count). The number of carbonyl (C=O) groups excluding carboxylic acids is 1. The Bertz CT molecular complexity index is 705. The maximum absolute atomic E-state index is 12.2. The van der Waals surface area contributed by atoms with Crippen LogP contribution in [-0.2, 0) is 11.3 Å². The molecular weight excluding hydrogens is 332 g/mol. The van der Waals surface area contributed by atoms with Gasteiger partial charge in [0.25, 0.3) is 0 Å². The zero-order valence-corrected chi connectivity index (χ0v) is 15.8. The summed E-state index contributed by atoms with van der Waals surface area (Å²) in [5.41, 5.74) is 2.01. The Balaban J connectivity index is 1.59. The highest BCUT2D eigenvalue weighted by molar-refractivity contribution is 7.99. The van der Waals surface area contributed by atoms with E-state index in [1.165, 1.54) is 49.4 Å². The fourth-order valence-corrected chi connectivity index (χ4v) is 4.14. The first-order valence-electron chi connectivity index (χ1n) is 9.09. The second-order valence-corrected chi connectivity index (χ2v) is 7.57. The van der Waals surface area contributed by atoms with Gasteiger partial charge < -0.3 is 9.88 Å². The Morgan fingerprint density at radius 3 is 2.60 bits per heavy atom. The fraction of sp³-hybridized carbons (Fsp3) is 0.526. The molecule has 1 saturated carbocycles. The van der Waals surface area contributed by atoms with Crippen LogP contribution in [0.4, 0.5) is 5.69 Å². The third-order valence-electron chi connectivity index (χ3n) is 4.70. The number of nitrogens with zero attached hydrogens (tertiary/aromatic N) is 3. The van der Waals surface area contributed by atoms with Crippen molar-refractivity contribution < 1.29 is 4.79 Å². The summed E-state index contributed by atoms with van der Waals surface area (Å²) >= 11 is 1.46. The van der Waals surface area contributed by atoms with E-state index in [2.05, 4.69) is 27.0 Å². The number of carbonyl (C=O) groups is 1. The van der Waals surface area contributed by atoms with Gasteiger partial charge in [0.2, 0.25) is 5.91 Å². The van der Waals surface area contributed by atoms with Crippen molar-refractivity contribution >= 4 is 23.4 Å². The van der Waals surface area contributed by atoms with E-state index in [0.29, 0.717) is 11.7 Å². The number of rotatable bonds is 6. The quantitative estimate of drug-likeness (QED) is 0.778. The monoisotopic (exact) mass is 358 g/mol. The predicted molar refractivity (Wildman–Crippen MR) is 102 cm³/mol. The Kier molecular flexibility index (Phi) is 6.13. The van der Waals surface area contributed by atoms with Crippen LogP contribution in [0.15, 0.2) is 29.4 Å². The Morgan fingerprint density at radius 1 is 1.20 bits per heavy atom. The van der Waals surface area contributed by atoms with Gasteiger partial charge in [-0.05, 0) is 38.8 Å². The van der Waals surface area contributed by atoms with Crippen molar-refractivity contribution in [3.05, 3.63) is 35.7 Å². The van der Waals surface area contributed by atoms with Gasteiger partial charge in [-0.2, -0.15) is 0 Å². The van der Waals surface area contributed by atoms with E-state index in [1.54, 1.807) is 0 Å². The van der Waals surface area contributed by atoms with Crippen molar-refractivity contribution in [1.82, 2.24) is 14.8 Å². The van der Waals surface area contributed by atoms with Crippen molar-refractivity contribution in [1.29, 1.82) is 0 Å². The first-order valence-corrected chi connectivity index (χ1v) is 10.1. The maximum atomic E-state index is 12.2. The number of hydrogen-bond donors (Lipinski definition) is 1. The molecule has 0 radical (unpaired) electrons. The molecule has 134 valence electrons. The van der Waals surface area contributed by atoms with E-state index in [1.807, 2.05) is 31.2 Å². The summed E-state index contributed by atoms with van der Waals surface area (Å²) in [6.45, 7) is 5.00. The van der Waals surface area contributed by atoms with Crippen LogP contribution < -0.4 is 5.32 Å². The van der Waals surface area contributed by atoms with Gasteiger partial charge in [-0.15, -0.1) is 10.2 Å². The minimum atomic E-state index is -0.0151. The summed E-state index contributed by atoms with van der Waals surface area (Å²) in [4.78, 5) is 12.2. The summed E-state index contributed by atoms with van der Waals surface area (Å²) in [5.74, 6) is 1.95. The highest BCUT2D eigenvalue weighted by Crippen LogP contribution is 2.33. The van der Waals surface area contributed by atoms with Gasteiger partial charge in [0.05, 0.1) is 5.75 Å². The Morgan fingerprint density at radius 2 is 1.92 bits per heavy atom. The molecule has 0 unspecified atom stereocenters. The summed E-state index contributed by atoms with van der Waals surface area (Å²) < 4.78 is 2.18. The number of amides is 1. The van der Waals surface area contributed by atoms with Gasteiger partial charge in [0.1, 0.15) is 5.82 Å². The lowest BCUT2D eigenvalue weighted by atomic mass is 9.89. The van der Waals surface area contributed by atoms with Crippen LogP contribution in [0.1, 0.15) is 56.3 Å². The molecule has 2 aromatic rings. The number of nitrogens with one attached hydrogen (secondary N) is 1. The minimum Gasteiger partial charge on any atom is -0.325 e. The molecule has 1 fully saturated rings. The average Bonchev–Trinajstić information content (AvgIpc) is 3.05. The topological polar surface area (TPSA) is 59.8 Å². The minimum absolute atomic E-state index is 0.0151.